The maximum atomic E-state index is 12.8. The Kier molecular flexibility index (Phi) is 7.29. The molecule has 2 aromatic carbocycles. The minimum Gasteiger partial charge on any atom is -0.339 e. The fraction of sp³-hybridized carbons (Fsp3) is 0.435. The lowest BCUT2D eigenvalue weighted by Crippen LogP contribution is -2.43. The minimum atomic E-state index is -3.72. The second-order valence-corrected chi connectivity index (χ2v) is 12.7. The van der Waals surface area contributed by atoms with Gasteiger partial charge in [0, 0.05) is 24.3 Å². The first-order chi connectivity index (χ1) is 15.0. The van der Waals surface area contributed by atoms with E-state index in [0.29, 0.717) is 37.2 Å². The molecule has 1 saturated heterocycles. The number of aryl methyl sites for hydroxylation is 1. The van der Waals surface area contributed by atoms with Gasteiger partial charge in [-0.2, -0.15) is 0 Å². The molecule has 1 aliphatic rings. The second-order valence-electron chi connectivity index (χ2n) is 8.71. The highest BCUT2D eigenvalue weighted by molar-refractivity contribution is 7.92. The molecular weight excluding hydrogens is 448 g/mol. The van der Waals surface area contributed by atoms with Gasteiger partial charge < -0.3 is 4.90 Å². The SMILES string of the molecule is Cc1cccc(S(=O)(=O)Nc2ccc(C(=O)N3CCC(S(=O)(=O)CC(C)C)CC3)cc2)c1. The van der Waals surface area contributed by atoms with Crippen LogP contribution in [-0.2, 0) is 19.9 Å². The van der Waals surface area contributed by atoms with Crippen molar-refractivity contribution in [2.75, 3.05) is 23.6 Å². The zero-order valence-corrected chi connectivity index (χ0v) is 20.2. The molecule has 1 amide bonds. The number of benzene rings is 2. The number of sulfone groups is 1. The molecule has 0 spiro atoms. The van der Waals surface area contributed by atoms with Crippen LogP contribution in [0.3, 0.4) is 0 Å². The van der Waals surface area contributed by atoms with Crippen LogP contribution in [0.15, 0.2) is 53.4 Å². The molecule has 1 aliphatic heterocycles. The van der Waals surface area contributed by atoms with Gasteiger partial charge in [-0.15, -0.1) is 0 Å². The van der Waals surface area contributed by atoms with Crippen LogP contribution in [-0.4, -0.2) is 51.7 Å². The van der Waals surface area contributed by atoms with E-state index in [2.05, 4.69) is 4.72 Å². The number of sulfonamides is 1. The van der Waals surface area contributed by atoms with Crippen LogP contribution in [0.5, 0.6) is 0 Å². The molecule has 2 aromatic rings. The van der Waals surface area contributed by atoms with E-state index in [4.69, 9.17) is 0 Å². The van der Waals surface area contributed by atoms with Crippen molar-refractivity contribution in [3.05, 3.63) is 59.7 Å². The van der Waals surface area contributed by atoms with Crippen molar-refractivity contribution >= 4 is 31.5 Å². The van der Waals surface area contributed by atoms with E-state index in [1.807, 2.05) is 26.8 Å². The molecular formula is C23H30N2O5S2. The molecule has 7 nitrogen and oxygen atoms in total. The Hall–Kier alpha value is -2.39. The largest absolute Gasteiger partial charge is 0.339 e. The summed E-state index contributed by atoms with van der Waals surface area (Å²) < 4.78 is 52.6. The standard InChI is InChI=1S/C23H30N2O5S2/c1-17(2)16-31(27,28)21-11-13-25(14-12-21)23(26)19-7-9-20(10-8-19)24-32(29,30)22-6-4-5-18(3)15-22/h4-10,15,17,21,24H,11-14,16H2,1-3H3. The lowest BCUT2D eigenvalue weighted by Gasteiger charge is -2.32. The predicted molar refractivity (Wildman–Crippen MR) is 126 cm³/mol. The summed E-state index contributed by atoms with van der Waals surface area (Å²) in [6.45, 7) is 6.38. The third-order valence-corrected chi connectivity index (χ3v) is 9.48. The molecule has 0 aromatic heterocycles. The van der Waals surface area contributed by atoms with E-state index in [-0.39, 0.29) is 22.5 Å². The van der Waals surface area contributed by atoms with Gasteiger partial charge in [-0.05, 0) is 67.6 Å². The van der Waals surface area contributed by atoms with Crippen LogP contribution in [0.4, 0.5) is 5.69 Å². The first-order valence-corrected chi connectivity index (χ1v) is 13.9. The fourth-order valence-corrected chi connectivity index (χ4v) is 7.17. The van der Waals surface area contributed by atoms with Crippen molar-refractivity contribution in [1.82, 2.24) is 4.90 Å². The van der Waals surface area contributed by atoms with E-state index in [0.717, 1.165) is 5.56 Å². The monoisotopic (exact) mass is 478 g/mol. The number of hydrogen-bond donors (Lipinski definition) is 1. The van der Waals surface area contributed by atoms with Gasteiger partial charge in [0.25, 0.3) is 15.9 Å². The number of rotatable bonds is 7. The summed E-state index contributed by atoms with van der Waals surface area (Å²) in [6, 6.07) is 12.9. The van der Waals surface area contributed by atoms with E-state index >= 15 is 0 Å². The quantitative estimate of drug-likeness (QED) is 0.657. The fourth-order valence-electron chi connectivity index (χ4n) is 3.88. The number of anilines is 1. The third-order valence-electron chi connectivity index (χ3n) is 5.49. The maximum absolute atomic E-state index is 12.8. The number of hydrogen-bond acceptors (Lipinski definition) is 5. The molecule has 0 unspecified atom stereocenters. The lowest BCUT2D eigenvalue weighted by atomic mass is 10.1. The van der Waals surface area contributed by atoms with Gasteiger partial charge in [0.05, 0.1) is 15.9 Å². The Labute approximate surface area is 190 Å². The molecule has 0 aliphatic carbocycles. The zero-order chi connectivity index (χ0) is 23.5. The first kappa shape index (κ1) is 24.3. The van der Waals surface area contributed by atoms with Gasteiger partial charge in [0.15, 0.2) is 9.84 Å². The van der Waals surface area contributed by atoms with Crippen LogP contribution in [0.25, 0.3) is 0 Å². The van der Waals surface area contributed by atoms with E-state index in [9.17, 15) is 21.6 Å². The molecule has 32 heavy (non-hydrogen) atoms. The average molecular weight is 479 g/mol. The van der Waals surface area contributed by atoms with Crippen molar-refractivity contribution in [3.63, 3.8) is 0 Å². The van der Waals surface area contributed by atoms with Crippen LogP contribution < -0.4 is 4.72 Å². The number of likely N-dealkylation sites (tertiary alicyclic amines) is 1. The lowest BCUT2D eigenvalue weighted by molar-refractivity contribution is 0.0725. The summed E-state index contributed by atoms with van der Waals surface area (Å²) in [4.78, 5) is 14.7. The molecule has 0 bridgehead atoms. The topological polar surface area (TPSA) is 101 Å². The summed E-state index contributed by atoms with van der Waals surface area (Å²) in [6.07, 6.45) is 0.879. The van der Waals surface area contributed by atoms with Crippen LogP contribution in [0.1, 0.15) is 42.6 Å². The smallest absolute Gasteiger partial charge is 0.261 e. The van der Waals surface area contributed by atoms with Gasteiger partial charge in [-0.3, -0.25) is 9.52 Å². The van der Waals surface area contributed by atoms with Gasteiger partial charge >= 0.3 is 0 Å². The Morgan fingerprint density at radius 1 is 1.03 bits per heavy atom. The summed E-state index contributed by atoms with van der Waals surface area (Å²) in [5.74, 6) is 0.0743. The maximum Gasteiger partial charge on any atom is 0.261 e. The molecule has 9 heteroatoms. The summed E-state index contributed by atoms with van der Waals surface area (Å²) in [5, 5.41) is -0.396. The van der Waals surface area contributed by atoms with Crippen molar-refractivity contribution in [3.8, 4) is 0 Å². The van der Waals surface area contributed by atoms with Crippen LogP contribution in [0.2, 0.25) is 0 Å². The average Bonchev–Trinajstić information content (AvgIpc) is 2.73. The third kappa shape index (κ3) is 5.89. The van der Waals surface area contributed by atoms with Gasteiger partial charge in [0.1, 0.15) is 0 Å². The molecule has 1 heterocycles. The summed E-state index contributed by atoms with van der Waals surface area (Å²) in [5.41, 5.74) is 1.64. The van der Waals surface area contributed by atoms with Crippen LogP contribution in [0, 0.1) is 12.8 Å². The molecule has 174 valence electrons. The zero-order valence-electron chi connectivity index (χ0n) is 18.6. The van der Waals surface area contributed by atoms with Crippen molar-refractivity contribution < 1.29 is 21.6 Å². The molecule has 3 rings (SSSR count). The number of carbonyl (C=O) groups is 1. The van der Waals surface area contributed by atoms with E-state index < -0.39 is 25.1 Å². The summed E-state index contributed by atoms with van der Waals surface area (Å²) in [7, 11) is -6.87. The van der Waals surface area contributed by atoms with Gasteiger partial charge in [0.2, 0.25) is 0 Å². The van der Waals surface area contributed by atoms with Crippen molar-refractivity contribution in [1.29, 1.82) is 0 Å². The van der Waals surface area contributed by atoms with Gasteiger partial charge in [-0.1, -0.05) is 26.0 Å². The Morgan fingerprint density at radius 3 is 2.22 bits per heavy atom. The predicted octanol–water partition coefficient (Wildman–Crippen LogP) is 3.47. The highest BCUT2D eigenvalue weighted by Crippen LogP contribution is 2.23. The molecule has 0 atom stereocenters. The number of carbonyl (C=O) groups excluding carboxylic acids is 1. The van der Waals surface area contributed by atoms with Crippen molar-refractivity contribution in [2.45, 2.75) is 43.8 Å². The number of amides is 1. The normalized spacial score (nSPS) is 15.7. The Morgan fingerprint density at radius 2 is 1.66 bits per heavy atom. The first-order valence-electron chi connectivity index (χ1n) is 10.7. The number of piperidine rings is 1. The summed E-state index contributed by atoms with van der Waals surface area (Å²) >= 11 is 0. The van der Waals surface area contributed by atoms with Gasteiger partial charge in [-0.25, -0.2) is 16.8 Å². The molecule has 1 fully saturated rings. The van der Waals surface area contributed by atoms with E-state index in [1.165, 1.54) is 6.07 Å². The molecule has 0 radical (unpaired) electrons. The van der Waals surface area contributed by atoms with E-state index in [1.54, 1.807) is 41.3 Å². The number of nitrogens with zero attached hydrogens (tertiary/aromatic N) is 1. The second kappa shape index (κ2) is 9.62. The van der Waals surface area contributed by atoms with Crippen LogP contribution >= 0.6 is 0 Å². The Balaban J connectivity index is 1.62. The molecule has 0 saturated carbocycles. The minimum absolute atomic E-state index is 0.0847. The highest BCUT2D eigenvalue weighted by atomic mass is 32.2. The van der Waals surface area contributed by atoms with Crippen molar-refractivity contribution in [2.24, 2.45) is 5.92 Å². The highest BCUT2D eigenvalue weighted by Gasteiger charge is 2.32. The number of nitrogens with one attached hydrogen (secondary N) is 1. The molecule has 1 N–H and O–H groups in total. The Bertz CT molecular complexity index is 1170.